The molecule has 0 aliphatic heterocycles. The van der Waals surface area contributed by atoms with Gasteiger partial charge in [0.2, 0.25) is 0 Å². The summed E-state index contributed by atoms with van der Waals surface area (Å²) in [6.45, 7) is 16.7. The molecule has 0 aliphatic rings. The van der Waals surface area contributed by atoms with Gasteiger partial charge in [-0.1, -0.05) is 74.1 Å². The molecule has 0 aromatic heterocycles. The third kappa shape index (κ3) is 6.55. The zero-order valence-corrected chi connectivity index (χ0v) is 12.8. The van der Waals surface area contributed by atoms with Crippen molar-refractivity contribution in [2.75, 3.05) is 0 Å². The molecule has 0 heteroatoms. The monoisotopic (exact) mass is 226 g/mol. The van der Waals surface area contributed by atoms with E-state index < -0.39 is 0 Å². The van der Waals surface area contributed by atoms with Crippen LogP contribution in [0, 0.1) is 16.7 Å². The van der Waals surface area contributed by atoms with Crippen molar-refractivity contribution in [3.8, 4) is 0 Å². The van der Waals surface area contributed by atoms with Gasteiger partial charge in [0.05, 0.1) is 0 Å². The van der Waals surface area contributed by atoms with Gasteiger partial charge >= 0.3 is 0 Å². The van der Waals surface area contributed by atoms with Gasteiger partial charge in [-0.3, -0.25) is 0 Å². The third-order valence-electron chi connectivity index (χ3n) is 3.87. The van der Waals surface area contributed by atoms with Gasteiger partial charge in [-0.15, -0.1) is 0 Å². The Hall–Kier alpha value is 0. The predicted octanol–water partition coefficient (Wildman–Crippen LogP) is 6.06. The normalized spacial score (nSPS) is 15.2. The first-order valence-corrected chi connectivity index (χ1v) is 7.23. The van der Waals surface area contributed by atoms with Crippen LogP contribution in [0.2, 0.25) is 0 Å². The van der Waals surface area contributed by atoms with Crippen molar-refractivity contribution < 1.29 is 0 Å². The number of unbranched alkanes of at least 4 members (excludes halogenated alkanes) is 1. The summed E-state index contributed by atoms with van der Waals surface area (Å²) >= 11 is 0. The summed E-state index contributed by atoms with van der Waals surface area (Å²) in [6.07, 6.45) is 8.21. The predicted molar refractivity (Wildman–Crippen MR) is 75.8 cm³/mol. The maximum atomic E-state index is 2.46. The van der Waals surface area contributed by atoms with Crippen molar-refractivity contribution in [1.82, 2.24) is 0 Å². The maximum absolute atomic E-state index is 2.46. The first kappa shape index (κ1) is 16.0. The molecular formula is C16H34. The fourth-order valence-corrected chi connectivity index (χ4v) is 2.61. The van der Waals surface area contributed by atoms with Gasteiger partial charge in [-0.05, 0) is 29.6 Å². The maximum Gasteiger partial charge on any atom is -0.0351 e. The van der Waals surface area contributed by atoms with Crippen LogP contribution in [0.25, 0.3) is 0 Å². The zero-order chi connectivity index (χ0) is 12.8. The van der Waals surface area contributed by atoms with Gasteiger partial charge in [-0.2, -0.15) is 0 Å². The van der Waals surface area contributed by atoms with Crippen LogP contribution in [-0.2, 0) is 0 Å². The average Bonchev–Trinajstić information content (AvgIpc) is 2.12. The molecule has 0 heterocycles. The fourth-order valence-electron chi connectivity index (χ4n) is 2.61. The summed E-state index contributed by atoms with van der Waals surface area (Å²) in [5.41, 5.74) is 1.00. The van der Waals surface area contributed by atoms with E-state index in [0.717, 1.165) is 5.92 Å². The molecule has 0 nitrogen and oxygen atoms in total. The summed E-state index contributed by atoms with van der Waals surface area (Å²) in [5.74, 6) is 0.879. The lowest BCUT2D eigenvalue weighted by molar-refractivity contribution is 0.136. The van der Waals surface area contributed by atoms with Crippen LogP contribution in [0.15, 0.2) is 0 Å². The van der Waals surface area contributed by atoms with E-state index in [1.165, 1.54) is 38.5 Å². The van der Waals surface area contributed by atoms with Crippen molar-refractivity contribution in [2.45, 2.75) is 87.0 Å². The van der Waals surface area contributed by atoms with Gasteiger partial charge in [0.25, 0.3) is 0 Å². The molecule has 0 saturated heterocycles. The lowest BCUT2D eigenvalue weighted by atomic mass is 9.68. The highest BCUT2D eigenvalue weighted by Gasteiger charge is 2.29. The van der Waals surface area contributed by atoms with E-state index >= 15 is 0 Å². The molecule has 98 valence electrons. The van der Waals surface area contributed by atoms with E-state index in [-0.39, 0.29) is 0 Å². The number of hydrogen-bond donors (Lipinski definition) is 0. The van der Waals surface area contributed by atoms with Crippen LogP contribution in [0.1, 0.15) is 87.0 Å². The quantitative estimate of drug-likeness (QED) is 0.495. The summed E-state index contributed by atoms with van der Waals surface area (Å²) in [5, 5.41) is 0. The molecule has 1 atom stereocenters. The second-order valence-electron chi connectivity index (χ2n) is 7.32. The van der Waals surface area contributed by atoms with Crippen molar-refractivity contribution in [3.63, 3.8) is 0 Å². The minimum atomic E-state index is 0.472. The molecule has 0 bridgehead atoms. The first-order chi connectivity index (χ1) is 7.23. The SMILES string of the molecule is CCCCC(C)(C)CC(CCC)C(C)(C)C. The van der Waals surface area contributed by atoms with Gasteiger partial charge in [0.1, 0.15) is 0 Å². The topological polar surface area (TPSA) is 0 Å². The molecule has 0 N–H and O–H groups in total. The average molecular weight is 226 g/mol. The molecule has 0 fully saturated rings. The molecule has 0 aromatic carbocycles. The minimum absolute atomic E-state index is 0.472. The van der Waals surface area contributed by atoms with Gasteiger partial charge in [0, 0.05) is 0 Å². The van der Waals surface area contributed by atoms with Gasteiger partial charge in [0.15, 0.2) is 0 Å². The smallest absolute Gasteiger partial charge is 0.0351 e. The Morgan fingerprint density at radius 2 is 1.44 bits per heavy atom. The molecule has 0 aliphatic carbocycles. The lowest BCUT2D eigenvalue weighted by Crippen LogP contribution is -2.27. The largest absolute Gasteiger partial charge is 0.0654 e. The minimum Gasteiger partial charge on any atom is -0.0654 e. The summed E-state index contributed by atoms with van der Waals surface area (Å²) in [7, 11) is 0. The zero-order valence-electron chi connectivity index (χ0n) is 12.8. The molecule has 0 spiro atoms. The summed E-state index contributed by atoms with van der Waals surface area (Å²) in [4.78, 5) is 0. The second kappa shape index (κ2) is 6.67. The Morgan fingerprint density at radius 1 is 0.875 bits per heavy atom. The van der Waals surface area contributed by atoms with Crippen LogP contribution in [0.4, 0.5) is 0 Å². The molecule has 0 rings (SSSR count). The highest BCUT2D eigenvalue weighted by molar-refractivity contribution is 4.80. The van der Waals surface area contributed by atoms with E-state index in [1.807, 2.05) is 0 Å². The van der Waals surface area contributed by atoms with E-state index in [4.69, 9.17) is 0 Å². The number of hydrogen-bond acceptors (Lipinski definition) is 0. The summed E-state index contributed by atoms with van der Waals surface area (Å²) in [6, 6.07) is 0. The summed E-state index contributed by atoms with van der Waals surface area (Å²) < 4.78 is 0. The van der Waals surface area contributed by atoms with Crippen LogP contribution in [0.3, 0.4) is 0 Å². The Morgan fingerprint density at radius 3 is 1.81 bits per heavy atom. The Labute approximate surface area is 104 Å². The fraction of sp³-hybridized carbons (Fsp3) is 1.00. The molecule has 0 radical (unpaired) electrons. The Kier molecular flexibility index (Phi) is 6.67. The first-order valence-electron chi connectivity index (χ1n) is 7.23. The van der Waals surface area contributed by atoms with Crippen molar-refractivity contribution in [1.29, 1.82) is 0 Å². The molecule has 0 aromatic rings. The third-order valence-corrected chi connectivity index (χ3v) is 3.87. The highest BCUT2D eigenvalue weighted by atomic mass is 14.3. The molecular weight excluding hydrogens is 192 g/mol. The standard InChI is InChI=1S/C16H34/c1-8-10-12-16(6,7)13-14(11-9-2)15(3,4)5/h14H,8-13H2,1-7H3. The van der Waals surface area contributed by atoms with Crippen LogP contribution in [0.5, 0.6) is 0 Å². The Balaban J connectivity index is 4.37. The van der Waals surface area contributed by atoms with Crippen LogP contribution >= 0.6 is 0 Å². The van der Waals surface area contributed by atoms with E-state index in [9.17, 15) is 0 Å². The van der Waals surface area contributed by atoms with Crippen LogP contribution < -0.4 is 0 Å². The molecule has 0 amide bonds. The van der Waals surface area contributed by atoms with E-state index in [2.05, 4.69) is 48.5 Å². The van der Waals surface area contributed by atoms with Gasteiger partial charge < -0.3 is 0 Å². The Bertz CT molecular complexity index is 171. The van der Waals surface area contributed by atoms with Crippen molar-refractivity contribution in [2.24, 2.45) is 16.7 Å². The van der Waals surface area contributed by atoms with Gasteiger partial charge in [-0.25, -0.2) is 0 Å². The molecule has 0 saturated carbocycles. The van der Waals surface area contributed by atoms with Crippen molar-refractivity contribution >= 4 is 0 Å². The number of rotatable bonds is 7. The lowest BCUT2D eigenvalue weighted by Gasteiger charge is -2.37. The van der Waals surface area contributed by atoms with Crippen molar-refractivity contribution in [3.05, 3.63) is 0 Å². The second-order valence-corrected chi connectivity index (χ2v) is 7.32. The van der Waals surface area contributed by atoms with E-state index in [0.29, 0.717) is 10.8 Å². The molecule has 16 heavy (non-hydrogen) atoms. The highest BCUT2D eigenvalue weighted by Crippen LogP contribution is 2.41. The van der Waals surface area contributed by atoms with Crippen LogP contribution in [-0.4, -0.2) is 0 Å². The molecule has 1 unspecified atom stereocenters. The van der Waals surface area contributed by atoms with E-state index in [1.54, 1.807) is 0 Å².